The van der Waals surface area contributed by atoms with Crippen LogP contribution in [0, 0.1) is 0 Å². The van der Waals surface area contributed by atoms with E-state index in [1.807, 2.05) is 6.07 Å². The van der Waals surface area contributed by atoms with Gasteiger partial charge in [-0.1, -0.05) is 191 Å². The van der Waals surface area contributed by atoms with Crippen LogP contribution in [0.5, 0.6) is 0 Å². The number of anilines is 3. The molecule has 0 unspecified atom stereocenters. The predicted octanol–water partition coefficient (Wildman–Crippen LogP) is 16.7. The fourth-order valence-corrected chi connectivity index (χ4v) is 10.9. The Hall–Kier alpha value is -7.42. The highest BCUT2D eigenvalue weighted by Gasteiger charge is 2.38. The minimum Gasteiger partial charge on any atom is -0.454 e. The van der Waals surface area contributed by atoms with Gasteiger partial charge in [-0.3, -0.25) is 0 Å². The molecule has 0 N–H and O–H groups in total. The molecule has 2 aliphatic rings. The zero-order valence-electron chi connectivity index (χ0n) is 35.4. The standard InChI is InChI=1S/C60H45NO/c1-59(2)51-26-11-7-20-44(51)46-36-33-39(37-53(46)59)42-18-9-13-28-54(42)61(55-29-16-25-50-47-22-10-14-30-56(47)62-58(50)55)40-34-31-38(32-35-40)41-17-5-6-19-43(41)48-23-15-24-49-45-21-8-12-27-52(45)60(3,4)57(48)49/h5-37H,1-4H3. The summed E-state index contributed by atoms with van der Waals surface area (Å²) in [6.45, 7) is 9.45. The Labute approximate surface area is 363 Å². The van der Waals surface area contributed by atoms with E-state index in [0.29, 0.717) is 0 Å². The molecule has 0 fully saturated rings. The molecule has 2 heteroatoms. The summed E-state index contributed by atoms with van der Waals surface area (Å²) in [7, 11) is 0. The predicted molar refractivity (Wildman–Crippen MR) is 260 cm³/mol. The molecule has 0 spiro atoms. The second kappa shape index (κ2) is 13.5. The van der Waals surface area contributed by atoms with Gasteiger partial charge in [0.15, 0.2) is 5.58 Å². The van der Waals surface area contributed by atoms with E-state index in [9.17, 15) is 0 Å². The first-order valence-corrected chi connectivity index (χ1v) is 21.8. The summed E-state index contributed by atoms with van der Waals surface area (Å²) in [6, 6.07) is 73.4. The average molecular weight is 796 g/mol. The molecule has 2 aliphatic carbocycles. The van der Waals surface area contributed by atoms with Crippen LogP contribution in [0.15, 0.2) is 205 Å². The largest absolute Gasteiger partial charge is 0.454 e. The summed E-state index contributed by atoms with van der Waals surface area (Å²) in [5.74, 6) is 0. The van der Waals surface area contributed by atoms with Gasteiger partial charge in [0.2, 0.25) is 0 Å². The van der Waals surface area contributed by atoms with Crippen LogP contribution in [0.2, 0.25) is 0 Å². The average Bonchev–Trinajstić information content (AvgIpc) is 3.90. The molecule has 0 saturated carbocycles. The zero-order chi connectivity index (χ0) is 41.7. The van der Waals surface area contributed by atoms with Gasteiger partial charge in [0.05, 0.1) is 11.4 Å². The van der Waals surface area contributed by atoms with Gasteiger partial charge in [-0.25, -0.2) is 0 Å². The van der Waals surface area contributed by atoms with E-state index in [4.69, 9.17) is 4.42 Å². The van der Waals surface area contributed by atoms with Crippen molar-refractivity contribution < 1.29 is 4.42 Å². The molecule has 0 atom stereocenters. The fourth-order valence-electron chi connectivity index (χ4n) is 10.9. The number of nitrogens with zero attached hydrogens (tertiary/aromatic N) is 1. The molecule has 10 aromatic rings. The third-order valence-electron chi connectivity index (χ3n) is 13.9. The number of para-hydroxylation sites is 3. The summed E-state index contributed by atoms with van der Waals surface area (Å²) in [4.78, 5) is 2.40. The van der Waals surface area contributed by atoms with E-state index < -0.39 is 0 Å². The third-order valence-corrected chi connectivity index (χ3v) is 13.9. The lowest BCUT2D eigenvalue weighted by Gasteiger charge is -2.29. The quantitative estimate of drug-likeness (QED) is 0.167. The van der Waals surface area contributed by atoms with E-state index in [2.05, 4.69) is 227 Å². The number of furan rings is 1. The molecule has 62 heavy (non-hydrogen) atoms. The van der Waals surface area contributed by atoms with E-state index in [1.54, 1.807) is 0 Å². The lowest BCUT2D eigenvalue weighted by molar-refractivity contribution is 0.660. The second-order valence-electron chi connectivity index (χ2n) is 18.0. The molecule has 296 valence electrons. The highest BCUT2D eigenvalue weighted by molar-refractivity contribution is 6.11. The molecule has 1 heterocycles. The minimum absolute atomic E-state index is 0.109. The van der Waals surface area contributed by atoms with Gasteiger partial charge in [0.1, 0.15) is 5.58 Å². The number of fused-ring (bicyclic) bond motifs is 9. The number of benzene rings is 9. The summed E-state index contributed by atoms with van der Waals surface area (Å²) < 4.78 is 6.77. The molecule has 12 rings (SSSR count). The Kier molecular flexibility index (Phi) is 7.96. The normalized spacial score (nSPS) is 14.1. The topological polar surface area (TPSA) is 16.4 Å². The Morgan fingerprint density at radius 2 is 0.871 bits per heavy atom. The fraction of sp³-hybridized carbons (Fsp3) is 0.100. The maximum atomic E-state index is 6.77. The van der Waals surface area contributed by atoms with Crippen LogP contribution in [0.1, 0.15) is 49.9 Å². The van der Waals surface area contributed by atoms with Crippen LogP contribution >= 0.6 is 0 Å². The van der Waals surface area contributed by atoms with E-state index >= 15 is 0 Å². The molecule has 0 amide bonds. The van der Waals surface area contributed by atoms with E-state index in [-0.39, 0.29) is 10.8 Å². The van der Waals surface area contributed by atoms with Crippen molar-refractivity contribution in [3.63, 3.8) is 0 Å². The Morgan fingerprint density at radius 3 is 1.65 bits per heavy atom. The summed E-state index contributed by atoms with van der Waals surface area (Å²) >= 11 is 0. The Bertz CT molecular complexity index is 3420. The molecule has 0 radical (unpaired) electrons. The molecule has 9 aromatic carbocycles. The van der Waals surface area contributed by atoms with Crippen molar-refractivity contribution in [3.05, 3.63) is 222 Å². The van der Waals surface area contributed by atoms with Crippen LogP contribution in [0.4, 0.5) is 17.1 Å². The van der Waals surface area contributed by atoms with Crippen molar-refractivity contribution in [1.82, 2.24) is 0 Å². The highest BCUT2D eigenvalue weighted by Crippen LogP contribution is 2.54. The van der Waals surface area contributed by atoms with Gasteiger partial charge in [0.25, 0.3) is 0 Å². The SMILES string of the molecule is CC1(C)c2ccccc2-c2ccc(-c3ccccc3N(c3ccc(-c4ccccc4-c4cccc5c4C(C)(C)c4ccccc4-5)cc3)c3cccc4c3oc3ccccc34)cc21. The van der Waals surface area contributed by atoms with Crippen LogP contribution in [0.25, 0.3) is 77.6 Å². The van der Waals surface area contributed by atoms with Gasteiger partial charge in [-0.05, 0) is 109 Å². The number of hydrogen-bond donors (Lipinski definition) is 0. The third kappa shape index (κ3) is 5.29. The van der Waals surface area contributed by atoms with Crippen molar-refractivity contribution in [2.45, 2.75) is 38.5 Å². The Morgan fingerprint density at radius 1 is 0.355 bits per heavy atom. The summed E-state index contributed by atoms with van der Waals surface area (Å²) in [6.07, 6.45) is 0. The molecule has 1 aromatic heterocycles. The van der Waals surface area contributed by atoms with Crippen LogP contribution in [-0.2, 0) is 10.8 Å². The second-order valence-corrected chi connectivity index (χ2v) is 18.0. The van der Waals surface area contributed by atoms with Gasteiger partial charge in [-0.15, -0.1) is 0 Å². The van der Waals surface area contributed by atoms with Gasteiger partial charge in [0, 0.05) is 32.9 Å². The first kappa shape index (κ1) is 36.4. The van der Waals surface area contributed by atoms with Crippen molar-refractivity contribution in [1.29, 1.82) is 0 Å². The van der Waals surface area contributed by atoms with E-state index in [1.165, 1.54) is 72.3 Å². The molecule has 2 nitrogen and oxygen atoms in total. The number of hydrogen-bond acceptors (Lipinski definition) is 2. The molecule has 0 aliphatic heterocycles. The van der Waals surface area contributed by atoms with Crippen LogP contribution in [0.3, 0.4) is 0 Å². The van der Waals surface area contributed by atoms with Crippen molar-refractivity contribution in [3.8, 4) is 55.6 Å². The summed E-state index contributed by atoms with van der Waals surface area (Å²) in [5, 5.41) is 2.22. The molecule has 0 bridgehead atoms. The molecular formula is C60H45NO. The molecular weight excluding hydrogens is 751 g/mol. The maximum Gasteiger partial charge on any atom is 0.159 e. The monoisotopic (exact) mass is 795 g/mol. The highest BCUT2D eigenvalue weighted by atomic mass is 16.3. The number of rotatable bonds is 6. The van der Waals surface area contributed by atoms with Crippen LogP contribution in [-0.4, -0.2) is 0 Å². The van der Waals surface area contributed by atoms with Gasteiger partial charge < -0.3 is 9.32 Å². The smallest absolute Gasteiger partial charge is 0.159 e. The van der Waals surface area contributed by atoms with E-state index in [0.717, 1.165) is 44.6 Å². The Balaban J connectivity index is 1.02. The summed E-state index contributed by atoms with van der Waals surface area (Å²) in [5.41, 5.74) is 22.8. The minimum atomic E-state index is -0.121. The van der Waals surface area contributed by atoms with Crippen LogP contribution < -0.4 is 4.90 Å². The maximum absolute atomic E-state index is 6.77. The first-order valence-electron chi connectivity index (χ1n) is 21.8. The van der Waals surface area contributed by atoms with Gasteiger partial charge in [-0.2, -0.15) is 0 Å². The molecule has 0 saturated heterocycles. The van der Waals surface area contributed by atoms with Crippen molar-refractivity contribution in [2.24, 2.45) is 0 Å². The lowest BCUT2D eigenvalue weighted by Crippen LogP contribution is -2.16. The van der Waals surface area contributed by atoms with Crippen molar-refractivity contribution >= 4 is 39.0 Å². The zero-order valence-corrected chi connectivity index (χ0v) is 35.4. The van der Waals surface area contributed by atoms with Gasteiger partial charge >= 0.3 is 0 Å². The van der Waals surface area contributed by atoms with Crippen molar-refractivity contribution in [2.75, 3.05) is 4.90 Å². The first-order chi connectivity index (χ1) is 30.3. The lowest BCUT2D eigenvalue weighted by atomic mass is 9.78.